The van der Waals surface area contributed by atoms with Gasteiger partial charge in [0.25, 0.3) is 5.91 Å². The Hall–Kier alpha value is -3.69. The molecule has 1 amide bonds. The molecule has 35 heavy (non-hydrogen) atoms. The van der Waals surface area contributed by atoms with E-state index in [-0.39, 0.29) is 18.1 Å². The third-order valence-corrected chi connectivity index (χ3v) is 6.40. The Bertz CT molecular complexity index is 1380. The van der Waals surface area contributed by atoms with Crippen LogP contribution in [0.3, 0.4) is 0 Å². The second kappa shape index (κ2) is 9.89. The summed E-state index contributed by atoms with van der Waals surface area (Å²) in [5.74, 6) is 1.11. The molecule has 0 saturated heterocycles. The number of pyridine rings is 1. The molecule has 9 nitrogen and oxygen atoms in total. The third kappa shape index (κ3) is 4.52. The lowest BCUT2D eigenvalue weighted by Crippen LogP contribution is -2.47. The van der Waals surface area contributed by atoms with Crippen molar-refractivity contribution in [1.29, 1.82) is 0 Å². The summed E-state index contributed by atoms with van der Waals surface area (Å²) in [5.41, 5.74) is 4.44. The Balaban J connectivity index is 0.000000917. The van der Waals surface area contributed by atoms with Crippen molar-refractivity contribution in [2.45, 2.75) is 38.8 Å². The van der Waals surface area contributed by atoms with E-state index in [1.54, 1.807) is 41.0 Å². The Kier molecular flexibility index (Phi) is 6.90. The summed E-state index contributed by atoms with van der Waals surface area (Å²) in [6, 6.07) is 7.43. The molecule has 184 valence electrons. The molecule has 1 fully saturated rings. The Labute approximate surface area is 203 Å². The van der Waals surface area contributed by atoms with Gasteiger partial charge in [-0.3, -0.25) is 9.59 Å². The van der Waals surface area contributed by atoms with Crippen molar-refractivity contribution in [1.82, 2.24) is 24.2 Å². The standard InChI is InChI=1S/C24H24N4O4.C2H7N/c1-14-8-17-11-19(5-7-27(17)21(14)13-29)32-22-4-6-25-28-12-20(15(2)23(22)28)24(31)26(3)16-9-18(30)10-16;1-3-2/h4-8,11-13,16,18,30H,9-10H2,1-3H3;3H,1-2H3. The molecule has 1 aliphatic rings. The van der Waals surface area contributed by atoms with Crippen LogP contribution in [-0.2, 0) is 0 Å². The van der Waals surface area contributed by atoms with E-state index in [4.69, 9.17) is 4.74 Å². The van der Waals surface area contributed by atoms with Gasteiger partial charge in [0.1, 0.15) is 11.3 Å². The molecule has 0 bridgehead atoms. The molecule has 4 aromatic rings. The molecule has 0 radical (unpaired) electrons. The van der Waals surface area contributed by atoms with Gasteiger partial charge >= 0.3 is 0 Å². The Morgan fingerprint density at radius 1 is 1.26 bits per heavy atom. The first-order valence-corrected chi connectivity index (χ1v) is 11.5. The molecule has 0 spiro atoms. The van der Waals surface area contributed by atoms with Crippen LogP contribution in [0.25, 0.3) is 11.0 Å². The van der Waals surface area contributed by atoms with Gasteiger partial charge in [0.05, 0.1) is 23.6 Å². The summed E-state index contributed by atoms with van der Waals surface area (Å²) in [5, 5.41) is 16.7. The third-order valence-electron chi connectivity index (χ3n) is 6.40. The quantitative estimate of drug-likeness (QED) is 0.428. The first kappa shape index (κ1) is 24.4. The van der Waals surface area contributed by atoms with Crippen molar-refractivity contribution in [2.75, 3.05) is 21.1 Å². The number of fused-ring (bicyclic) bond motifs is 2. The number of aliphatic hydroxyl groups excluding tert-OH is 1. The van der Waals surface area contributed by atoms with E-state index < -0.39 is 0 Å². The fourth-order valence-corrected chi connectivity index (χ4v) is 4.41. The van der Waals surface area contributed by atoms with Crippen LogP contribution in [0.15, 0.2) is 42.9 Å². The lowest BCUT2D eigenvalue weighted by Gasteiger charge is -2.38. The van der Waals surface area contributed by atoms with Gasteiger partial charge in [0.15, 0.2) is 12.0 Å². The van der Waals surface area contributed by atoms with Crippen molar-refractivity contribution in [3.05, 3.63) is 65.2 Å². The number of aryl methyl sites for hydroxylation is 2. The Morgan fingerprint density at radius 2 is 1.97 bits per heavy atom. The molecule has 0 aliphatic heterocycles. The minimum absolute atomic E-state index is 0.0529. The predicted molar refractivity (Wildman–Crippen MR) is 134 cm³/mol. The topological polar surface area (TPSA) is 101 Å². The van der Waals surface area contributed by atoms with Gasteiger partial charge in [-0.1, -0.05) is 0 Å². The average molecular weight is 478 g/mol. The fourth-order valence-electron chi connectivity index (χ4n) is 4.41. The number of nitrogens with one attached hydrogen (secondary N) is 1. The zero-order valence-electron chi connectivity index (χ0n) is 20.6. The highest BCUT2D eigenvalue weighted by Crippen LogP contribution is 2.33. The molecule has 0 atom stereocenters. The average Bonchev–Trinajstić information content (AvgIpc) is 3.32. The number of hydrogen-bond acceptors (Lipinski definition) is 6. The number of aromatic nitrogens is 3. The van der Waals surface area contributed by atoms with Gasteiger partial charge in [-0.05, 0) is 64.0 Å². The Morgan fingerprint density at radius 3 is 2.63 bits per heavy atom. The summed E-state index contributed by atoms with van der Waals surface area (Å²) < 4.78 is 9.67. The minimum Gasteiger partial charge on any atom is -0.455 e. The number of aldehydes is 1. The summed E-state index contributed by atoms with van der Waals surface area (Å²) in [7, 11) is 5.52. The van der Waals surface area contributed by atoms with E-state index >= 15 is 0 Å². The first-order chi connectivity index (χ1) is 16.8. The largest absolute Gasteiger partial charge is 0.455 e. The maximum absolute atomic E-state index is 13.1. The number of carbonyl (C=O) groups is 2. The van der Waals surface area contributed by atoms with Crippen molar-refractivity contribution >= 4 is 23.2 Å². The van der Waals surface area contributed by atoms with Crippen molar-refractivity contribution < 1.29 is 19.4 Å². The van der Waals surface area contributed by atoms with Crippen LogP contribution < -0.4 is 10.1 Å². The summed E-state index contributed by atoms with van der Waals surface area (Å²) in [6.45, 7) is 3.78. The number of hydrogen-bond donors (Lipinski definition) is 2. The molecule has 4 heterocycles. The van der Waals surface area contributed by atoms with Crippen LogP contribution in [0.5, 0.6) is 11.5 Å². The molecule has 9 heteroatoms. The number of rotatable bonds is 5. The van der Waals surface area contributed by atoms with Crippen LogP contribution >= 0.6 is 0 Å². The van der Waals surface area contributed by atoms with Crippen molar-refractivity contribution in [3.8, 4) is 11.5 Å². The van der Waals surface area contributed by atoms with Gasteiger partial charge in [0, 0.05) is 43.1 Å². The fraction of sp³-hybridized carbons (Fsp3) is 0.346. The van der Waals surface area contributed by atoms with Gasteiger partial charge in [-0.2, -0.15) is 5.10 Å². The minimum atomic E-state index is -0.324. The van der Waals surface area contributed by atoms with Gasteiger partial charge < -0.3 is 24.5 Å². The van der Waals surface area contributed by atoms with E-state index in [0.29, 0.717) is 35.6 Å². The van der Waals surface area contributed by atoms with Crippen LogP contribution in [-0.4, -0.2) is 69.5 Å². The number of ether oxygens (including phenoxy) is 1. The van der Waals surface area contributed by atoms with Crippen LogP contribution in [0.4, 0.5) is 0 Å². The summed E-state index contributed by atoms with van der Waals surface area (Å²) >= 11 is 0. The zero-order valence-corrected chi connectivity index (χ0v) is 20.6. The molecular formula is C26H31N5O4. The normalized spacial score (nSPS) is 17.0. The molecule has 2 N–H and O–H groups in total. The monoisotopic (exact) mass is 477 g/mol. The number of aliphatic hydroxyl groups is 1. The number of amides is 1. The lowest BCUT2D eigenvalue weighted by molar-refractivity contribution is 0.0132. The molecule has 0 unspecified atom stereocenters. The van der Waals surface area contributed by atoms with E-state index in [2.05, 4.69) is 10.4 Å². The van der Waals surface area contributed by atoms with Crippen LogP contribution in [0.1, 0.15) is 44.8 Å². The van der Waals surface area contributed by atoms with Crippen LogP contribution in [0.2, 0.25) is 0 Å². The molecular weight excluding hydrogens is 446 g/mol. The highest BCUT2D eigenvalue weighted by molar-refractivity contribution is 5.98. The zero-order chi connectivity index (χ0) is 25.3. The number of nitrogens with zero attached hydrogens (tertiary/aromatic N) is 4. The van der Waals surface area contributed by atoms with Crippen molar-refractivity contribution in [3.63, 3.8) is 0 Å². The second-order valence-electron chi connectivity index (χ2n) is 8.94. The molecule has 1 aliphatic carbocycles. The van der Waals surface area contributed by atoms with Gasteiger partial charge in [-0.15, -0.1) is 0 Å². The van der Waals surface area contributed by atoms with E-state index in [0.717, 1.165) is 28.4 Å². The maximum Gasteiger partial charge on any atom is 0.255 e. The van der Waals surface area contributed by atoms with Crippen molar-refractivity contribution in [2.24, 2.45) is 0 Å². The molecule has 4 aromatic heterocycles. The predicted octanol–water partition coefficient (Wildman–Crippen LogP) is 3.24. The summed E-state index contributed by atoms with van der Waals surface area (Å²) in [4.78, 5) is 26.1. The second-order valence-corrected chi connectivity index (χ2v) is 8.94. The lowest BCUT2D eigenvalue weighted by atomic mass is 9.88. The molecule has 0 aromatic carbocycles. The molecule has 1 saturated carbocycles. The number of carbonyl (C=O) groups excluding carboxylic acids is 2. The highest BCUT2D eigenvalue weighted by atomic mass is 16.5. The SMILES string of the molecule is CNC.Cc1cc2cc(Oc3ccnn4cc(C(=O)N(C)C5CC(O)C5)c(C)c34)ccn2c1C=O. The summed E-state index contributed by atoms with van der Waals surface area (Å²) in [6.07, 6.45) is 6.90. The maximum atomic E-state index is 13.1. The van der Waals surface area contributed by atoms with Gasteiger partial charge in [0.2, 0.25) is 0 Å². The molecule has 5 rings (SSSR count). The van der Waals surface area contributed by atoms with E-state index in [9.17, 15) is 14.7 Å². The van der Waals surface area contributed by atoms with E-state index in [1.807, 2.05) is 50.7 Å². The first-order valence-electron chi connectivity index (χ1n) is 11.5. The van der Waals surface area contributed by atoms with Crippen LogP contribution in [0, 0.1) is 13.8 Å². The van der Waals surface area contributed by atoms with Gasteiger partial charge in [-0.25, -0.2) is 4.52 Å². The highest BCUT2D eigenvalue weighted by Gasteiger charge is 2.34. The smallest absolute Gasteiger partial charge is 0.255 e. The van der Waals surface area contributed by atoms with E-state index in [1.165, 1.54) is 0 Å².